The Bertz CT molecular complexity index is 486. The molecule has 1 aliphatic rings. The van der Waals surface area contributed by atoms with Crippen molar-refractivity contribution in [2.75, 3.05) is 19.7 Å². The van der Waals surface area contributed by atoms with Gasteiger partial charge >= 0.3 is 0 Å². The van der Waals surface area contributed by atoms with Crippen LogP contribution < -0.4 is 4.74 Å². The van der Waals surface area contributed by atoms with E-state index in [0.29, 0.717) is 25.9 Å². The Labute approximate surface area is 120 Å². The van der Waals surface area contributed by atoms with Crippen molar-refractivity contribution >= 4 is 5.91 Å². The zero-order valence-corrected chi connectivity index (χ0v) is 12.5. The summed E-state index contributed by atoms with van der Waals surface area (Å²) in [5.74, 6) is 0.744. The third kappa shape index (κ3) is 3.73. The zero-order valence-electron chi connectivity index (χ0n) is 12.5. The summed E-state index contributed by atoms with van der Waals surface area (Å²) in [5.41, 5.74) is 1.59. The van der Waals surface area contributed by atoms with Crippen LogP contribution in [0, 0.1) is 13.8 Å². The van der Waals surface area contributed by atoms with Crippen LogP contribution in [-0.4, -0.2) is 41.2 Å². The Morgan fingerprint density at radius 2 is 2.00 bits per heavy atom. The Kier molecular flexibility index (Phi) is 4.33. The van der Waals surface area contributed by atoms with Gasteiger partial charge in [-0.3, -0.25) is 4.79 Å². The van der Waals surface area contributed by atoms with Crippen LogP contribution in [0.15, 0.2) is 18.2 Å². The second kappa shape index (κ2) is 5.83. The predicted molar refractivity (Wildman–Crippen MR) is 77.8 cm³/mol. The van der Waals surface area contributed by atoms with Crippen LogP contribution in [0.2, 0.25) is 0 Å². The maximum absolute atomic E-state index is 12.1. The molecule has 1 fully saturated rings. The summed E-state index contributed by atoms with van der Waals surface area (Å²) >= 11 is 0. The smallest absolute Gasteiger partial charge is 0.260 e. The van der Waals surface area contributed by atoms with Crippen molar-refractivity contribution in [1.82, 2.24) is 4.90 Å². The largest absolute Gasteiger partial charge is 0.484 e. The number of aliphatic hydroxyl groups is 1. The lowest BCUT2D eigenvalue weighted by Crippen LogP contribution is -2.46. The fourth-order valence-corrected chi connectivity index (χ4v) is 2.43. The molecule has 110 valence electrons. The second-order valence-electron chi connectivity index (χ2n) is 5.94. The molecule has 1 heterocycles. The fourth-order valence-electron chi connectivity index (χ4n) is 2.43. The molecule has 4 nitrogen and oxygen atoms in total. The third-order valence-electron chi connectivity index (χ3n) is 3.87. The highest BCUT2D eigenvalue weighted by Gasteiger charge is 2.29. The molecule has 1 saturated heterocycles. The Morgan fingerprint density at radius 1 is 1.35 bits per heavy atom. The molecule has 0 aliphatic carbocycles. The molecule has 0 saturated carbocycles. The molecule has 0 aromatic heterocycles. The van der Waals surface area contributed by atoms with E-state index in [1.807, 2.05) is 39.0 Å². The van der Waals surface area contributed by atoms with E-state index in [-0.39, 0.29) is 12.5 Å². The van der Waals surface area contributed by atoms with E-state index in [4.69, 9.17) is 4.74 Å². The molecular weight excluding hydrogens is 254 g/mol. The number of ether oxygens (including phenoxy) is 1. The highest BCUT2D eigenvalue weighted by atomic mass is 16.5. The van der Waals surface area contributed by atoms with Gasteiger partial charge in [-0.2, -0.15) is 0 Å². The lowest BCUT2D eigenvalue weighted by Gasteiger charge is -2.35. The van der Waals surface area contributed by atoms with Crippen LogP contribution in [-0.2, 0) is 4.79 Å². The normalized spacial score (nSPS) is 17.9. The van der Waals surface area contributed by atoms with Crippen LogP contribution in [0.5, 0.6) is 5.75 Å². The number of carbonyl (C=O) groups is 1. The molecule has 0 bridgehead atoms. The van der Waals surface area contributed by atoms with E-state index in [9.17, 15) is 9.90 Å². The average molecular weight is 277 g/mol. The molecule has 4 heteroatoms. The van der Waals surface area contributed by atoms with E-state index in [1.54, 1.807) is 4.90 Å². The molecule has 2 rings (SSSR count). The minimum atomic E-state index is -0.634. The number of likely N-dealkylation sites (tertiary alicyclic amines) is 1. The van der Waals surface area contributed by atoms with Gasteiger partial charge in [0.2, 0.25) is 0 Å². The van der Waals surface area contributed by atoms with Gasteiger partial charge in [-0.25, -0.2) is 0 Å². The summed E-state index contributed by atoms with van der Waals surface area (Å²) in [5, 5.41) is 9.88. The number of aryl methyl sites for hydroxylation is 2. The fraction of sp³-hybridized carbons (Fsp3) is 0.562. The van der Waals surface area contributed by atoms with Gasteiger partial charge in [0.05, 0.1) is 5.60 Å². The maximum Gasteiger partial charge on any atom is 0.260 e. The number of piperidine rings is 1. The highest BCUT2D eigenvalue weighted by molar-refractivity contribution is 5.78. The van der Waals surface area contributed by atoms with Gasteiger partial charge in [0.15, 0.2) is 6.61 Å². The zero-order chi connectivity index (χ0) is 14.8. The summed E-state index contributed by atoms with van der Waals surface area (Å²) in [6.07, 6.45) is 1.25. The van der Waals surface area contributed by atoms with Gasteiger partial charge in [0.1, 0.15) is 5.75 Å². The van der Waals surface area contributed by atoms with Gasteiger partial charge in [-0.05, 0) is 45.2 Å². The maximum atomic E-state index is 12.1. The number of rotatable bonds is 3. The second-order valence-corrected chi connectivity index (χ2v) is 5.94. The predicted octanol–water partition coefficient (Wildman–Crippen LogP) is 2.06. The van der Waals surface area contributed by atoms with Crippen LogP contribution >= 0.6 is 0 Å². The highest BCUT2D eigenvalue weighted by Crippen LogP contribution is 2.22. The Balaban J connectivity index is 1.86. The summed E-state index contributed by atoms with van der Waals surface area (Å²) < 4.78 is 5.61. The average Bonchev–Trinajstić information content (AvgIpc) is 2.37. The summed E-state index contributed by atoms with van der Waals surface area (Å²) in [6.45, 7) is 7.09. The molecule has 20 heavy (non-hydrogen) atoms. The monoisotopic (exact) mass is 277 g/mol. The summed E-state index contributed by atoms with van der Waals surface area (Å²) in [6, 6.07) is 5.92. The van der Waals surface area contributed by atoms with Crippen molar-refractivity contribution in [2.45, 2.75) is 39.2 Å². The van der Waals surface area contributed by atoms with Crippen LogP contribution in [0.25, 0.3) is 0 Å². The van der Waals surface area contributed by atoms with E-state index in [0.717, 1.165) is 11.3 Å². The topological polar surface area (TPSA) is 49.8 Å². The molecule has 1 aromatic rings. The molecule has 0 radical (unpaired) electrons. The van der Waals surface area contributed by atoms with Gasteiger partial charge < -0.3 is 14.7 Å². The molecule has 0 unspecified atom stereocenters. The molecule has 1 aliphatic heterocycles. The van der Waals surface area contributed by atoms with E-state index < -0.39 is 5.60 Å². The van der Waals surface area contributed by atoms with Gasteiger partial charge in [0, 0.05) is 13.1 Å². The quantitative estimate of drug-likeness (QED) is 0.920. The molecule has 1 amide bonds. The number of carbonyl (C=O) groups excluding carboxylic acids is 1. The first-order valence-electron chi connectivity index (χ1n) is 7.08. The van der Waals surface area contributed by atoms with Gasteiger partial charge in [0.25, 0.3) is 5.91 Å². The van der Waals surface area contributed by atoms with Crippen LogP contribution in [0.4, 0.5) is 0 Å². The molecule has 1 aromatic carbocycles. The van der Waals surface area contributed by atoms with E-state index in [1.165, 1.54) is 5.56 Å². The molecular formula is C16H23NO3. The molecule has 0 spiro atoms. The van der Waals surface area contributed by atoms with Crippen LogP contribution in [0.1, 0.15) is 30.9 Å². The van der Waals surface area contributed by atoms with Crippen molar-refractivity contribution in [1.29, 1.82) is 0 Å². The summed E-state index contributed by atoms with van der Waals surface area (Å²) in [4.78, 5) is 13.8. The van der Waals surface area contributed by atoms with Crippen molar-refractivity contribution in [3.8, 4) is 5.75 Å². The van der Waals surface area contributed by atoms with Crippen LogP contribution in [0.3, 0.4) is 0 Å². The standard InChI is InChI=1S/C16H23NO3/c1-12-4-5-14(13(2)10-12)20-11-15(18)17-8-6-16(3,19)7-9-17/h4-5,10,19H,6-9,11H2,1-3H3. The first-order chi connectivity index (χ1) is 9.37. The first kappa shape index (κ1) is 14.9. The lowest BCUT2D eigenvalue weighted by molar-refractivity contribution is -0.137. The van der Waals surface area contributed by atoms with Gasteiger partial charge in [-0.1, -0.05) is 17.7 Å². The van der Waals surface area contributed by atoms with E-state index >= 15 is 0 Å². The number of nitrogens with zero attached hydrogens (tertiary/aromatic N) is 1. The molecule has 0 atom stereocenters. The van der Waals surface area contributed by atoms with Crippen molar-refractivity contribution in [3.05, 3.63) is 29.3 Å². The number of hydrogen-bond donors (Lipinski definition) is 1. The number of hydrogen-bond acceptors (Lipinski definition) is 3. The SMILES string of the molecule is Cc1ccc(OCC(=O)N2CCC(C)(O)CC2)c(C)c1. The number of benzene rings is 1. The number of amides is 1. The van der Waals surface area contributed by atoms with Crippen molar-refractivity contribution in [2.24, 2.45) is 0 Å². The van der Waals surface area contributed by atoms with Crippen molar-refractivity contribution < 1.29 is 14.6 Å². The van der Waals surface area contributed by atoms with Gasteiger partial charge in [-0.15, -0.1) is 0 Å². The molecule has 1 N–H and O–H groups in total. The van der Waals surface area contributed by atoms with E-state index in [2.05, 4.69) is 0 Å². The first-order valence-corrected chi connectivity index (χ1v) is 7.08. The lowest BCUT2D eigenvalue weighted by atomic mass is 9.94. The Hall–Kier alpha value is -1.55. The third-order valence-corrected chi connectivity index (χ3v) is 3.87. The summed E-state index contributed by atoms with van der Waals surface area (Å²) in [7, 11) is 0. The minimum absolute atomic E-state index is 0.0134. The minimum Gasteiger partial charge on any atom is -0.484 e. The Morgan fingerprint density at radius 3 is 2.60 bits per heavy atom. The van der Waals surface area contributed by atoms with Crippen molar-refractivity contribution in [3.63, 3.8) is 0 Å².